The first kappa shape index (κ1) is 20.7. The second kappa shape index (κ2) is 7.75. The zero-order valence-corrected chi connectivity index (χ0v) is 16.2. The summed E-state index contributed by atoms with van der Waals surface area (Å²) >= 11 is 0. The van der Waals surface area contributed by atoms with Crippen LogP contribution < -0.4 is 10.6 Å². The normalized spacial score (nSPS) is 18.0. The van der Waals surface area contributed by atoms with Gasteiger partial charge in [-0.3, -0.25) is 19.3 Å². The van der Waals surface area contributed by atoms with E-state index in [0.717, 1.165) is 11.0 Å². The van der Waals surface area contributed by atoms with Crippen molar-refractivity contribution in [3.05, 3.63) is 65.0 Å². The molecule has 0 bridgehead atoms. The first-order valence-electron chi connectivity index (χ1n) is 8.91. The van der Waals surface area contributed by atoms with E-state index in [-0.39, 0.29) is 11.3 Å². The van der Waals surface area contributed by atoms with Gasteiger partial charge in [-0.1, -0.05) is 12.1 Å². The van der Waals surface area contributed by atoms with Gasteiger partial charge >= 0.3 is 6.03 Å². The summed E-state index contributed by atoms with van der Waals surface area (Å²) in [6.07, 6.45) is 0. The number of amides is 4. The molecule has 1 heterocycles. The minimum absolute atomic E-state index is 0.180. The number of nitrogens with zero attached hydrogens (tertiary/aromatic N) is 2. The van der Waals surface area contributed by atoms with E-state index in [2.05, 4.69) is 10.6 Å². The van der Waals surface area contributed by atoms with Crippen LogP contribution in [0.4, 0.5) is 14.9 Å². The Balaban J connectivity index is 1.80. The summed E-state index contributed by atoms with van der Waals surface area (Å²) in [6.45, 7) is 2.11. The van der Waals surface area contributed by atoms with Gasteiger partial charge < -0.3 is 10.6 Å². The maximum atomic E-state index is 14.3. The Bertz CT molecular complexity index is 1110. The summed E-state index contributed by atoms with van der Waals surface area (Å²) in [5.74, 6) is -2.71. The number of carbonyl (C=O) groups excluding carboxylic acids is 4. The third-order valence-electron chi connectivity index (χ3n) is 4.76. The number of hydrogen-bond donors (Lipinski definition) is 2. The zero-order valence-electron chi connectivity index (χ0n) is 16.2. The van der Waals surface area contributed by atoms with Crippen LogP contribution in [0, 0.1) is 17.1 Å². The third kappa shape index (κ3) is 3.75. The Morgan fingerprint density at radius 3 is 2.43 bits per heavy atom. The monoisotopic (exact) mass is 408 g/mol. The third-order valence-corrected chi connectivity index (χ3v) is 4.76. The van der Waals surface area contributed by atoms with Gasteiger partial charge in [-0.15, -0.1) is 0 Å². The number of nitriles is 1. The largest absolute Gasteiger partial charge is 0.326 e. The van der Waals surface area contributed by atoms with E-state index in [4.69, 9.17) is 5.26 Å². The number of benzene rings is 2. The Morgan fingerprint density at radius 2 is 1.87 bits per heavy atom. The van der Waals surface area contributed by atoms with Crippen molar-refractivity contribution < 1.29 is 23.6 Å². The summed E-state index contributed by atoms with van der Waals surface area (Å²) in [7, 11) is 0. The van der Waals surface area contributed by atoms with E-state index in [1.54, 1.807) is 12.1 Å². The molecule has 1 saturated heterocycles. The summed E-state index contributed by atoms with van der Waals surface area (Å²) in [5.41, 5.74) is -0.708. The Labute approximate surface area is 171 Å². The molecule has 3 rings (SSSR count). The van der Waals surface area contributed by atoms with Crippen LogP contribution in [0.15, 0.2) is 42.5 Å². The minimum atomic E-state index is -1.42. The van der Waals surface area contributed by atoms with E-state index in [9.17, 15) is 23.6 Å². The van der Waals surface area contributed by atoms with Gasteiger partial charge in [-0.2, -0.15) is 5.26 Å². The molecule has 1 aliphatic heterocycles. The lowest BCUT2D eigenvalue weighted by atomic mass is 9.91. The van der Waals surface area contributed by atoms with Gasteiger partial charge in [0.05, 0.1) is 23.7 Å². The smallest absolute Gasteiger partial charge is 0.325 e. The number of anilines is 1. The van der Waals surface area contributed by atoms with Crippen molar-refractivity contribution in [1.29, 1.82) is 5.26 Å². The molecule has 2 aromatic carbocycles. The molecule has 0 saturated carbocycles. The molecule has 0 aromatic heterocycles. The van der Waals surface area contributed by atoms with Crippen LogP contribution in [-0.2, 0) is 15.1 Å². The van der Waals surface area contributed by atoms with E-state index in [1.165, 1.54) is 38.1 Å². The van der Waals surface area contributed by atoms with Crippen LogP contribution in [0.25, 0.3) is 0 Å². The number of Topliss-reactive ketones (excluding diaryl/α,β-unsaturated/α-hetero) is 1. The van der Waals surface area contributed by atoms with Crippen molar-refractivity contribution in [2.45, 2.75) is 19.4 Å². The van der Waals surface area contributed by atoms with Gasteiger partial charge in [0.2, 0.25) is 5.91 Å². The van der Waals surface area contributed by atoms with E-state index >= 15 is 0 Å². The van der Waals surface area contributed by atoms with Gasteiger partial charge in [-0.05, 0) is 42.8 Å². The number of carbonyl (C=O) groups is 4. The van der Waals surface area contributed by atoms with Crippen molar-refractivity contribution in [2.24, 2.45) is 0 Å². The highest BCUT2D eigenvalue weighted by Gasteiger charge is 2.49. The van der Waals surface area contributed by atoms with Crippen LogP contribution in [0.3, 0.4) is 0 Å². The van der Waals surface area contributed by atoms with Crippen molar-refractivity contribution in [1.82, 2.24) is 10.2 Å². The molecular formula is C21H17FN4O4. The fraction of sp³-hybridized carbons (Fsp3) is 0.190. The number of nitrogens with one attached hydrogen (secondary N) is 2. The van der Waals surface area contributed by atoms with Gasteiger partial charge in [0.1, 0.15) is 11.4 Å². The number of urea groups is 1. The highest BCUT2D eigenvalue weighted by atomic mass is 19.1. The lowest BCUT2D eigenvalue weighted by Gasteiger charge is -2.22. The predicted octanol–water partition coefficient (Wildman–Crippen LogP) is 2.31. The Kier molecular flexibility index (Phi) is 5.34. The Hall–Kier alpha value is -4.06. The first-order chi connectivity index (χ1) is 14.2. The lowest BCUT2D eigenvalue weighted by molar-refractivity contribution is -0.130. The van der Waals surface area contributed by atoms with Crippen molar-refractivity contribution in [3.8, 4) is 6.07 Å². The topological polar surface area (TPSA) is 119 Å². The minimum Gasteiger partial charge on any atom is -0.326 e. The Morgan fingerprint density at radius 1 is 1.20 bits per heavy atom. The molecule has 1 fully saturated rings. The van der Waals surface area contributed by atoms with Crippen LogP contribution in [0.1, 0.15) is 35.3 Å². The summed E-state index contributed by atoms with van der Waals surface area (Å²) < 4.78 is 14.3. The molecule has 8 nitrogen and oxygen atoms in total. The average Bonchev–Trinajstić information content (AvgIpc) is 2.91. The maximum Gasteiger partial charge on any atom is 0.325 e. The van der Waals surface area contributed by atoms with Crippen molar-refractivity contribution >= 4 is 29.3 Å². The lowest BCUT2D eigenvalue weighted by Crippen LogP contribution is -2.41. The van der Waals surface area contributed by atoms with Crippen LogP contribution >= 0.6 is 0 Å². The first-order valence-corrected chi connectivity index (χ1v) is 8.91. The predicted molar refractivity (Wildman–Crippen MR) is 104 cm³/mol. The number of hydrogen-bond acceptors (Lipinski definition) is 5. The van der Waals surface area contributed by atoms with Crippen molar-refractivity contribution in [3.63, 3.8) is 0 Å². The fourth-order valence-corrected chi connectivity index (χ4v) is 3.17. The molecule has 2 aromatic rings. The van der Waals surface area contributed by atoms with Gasteiger partial charge in [-0.25, -0.2) is 9.18 Å². The molecule has 0 aliphatic carbocycles. The summed E-state index contributed by atoms with van der Waals surface area (Å²) in [5, 5.41) is 13.8. The van der Waals surface area contributed by atoms with E-state index < -0.39 is 41.5 Å². The second-order valence-corrected chi connectivity index (χ2v) is 6.93. The second-order valence-electron chi connectivity index (χ2n) is 6.93. The van der Waals surface area contributed by atoms with E-state index in [1.807, 2.05) is 6.07 Å². The van der Waals surface area contributed by atoms with Crippen LogP contribution in [-0.4, -0.2) is 35.1 Å². The van der Waals surface area contributed by atoms with Crippen LogP contribution in [0.5, 0.6) is 0 Å². The number of imide groups is 1. The highest BCUT2D eigenvalue weighted by molar-refractivity contribution is 6.11. The number of halogens is 1. The van der Waals surface area contributed by atoms with Gasteiger partial charge in [0, 0.05) is 12.6 Å². The van der Waals surface area contributed by atoms with Gasteiger partial charge in [0.25, 0.3) is 5.91 Å². The molecule has 1 atom stereocenters. The molecule has 1 unspecified atom stereocenters. The summed E-state index contributed by atoms with van der Waals surface area (Å²) in [4.78, 5) is 49.6. The molecule has 152 valence electrons. The standard InChI is InChI=1S/C21H17FN4O4/c1-12(27)24-15-7-8-16(17(22)9-15)18(28)11-26-19(29)21(2,25-20(26)30)14-5-3-13(10-23)4-6-14/h3-9H,11H2,1-2H3,(H,24,27)(H,25,30). The fourth-order valence-electron chi connectivity index (χ4n) is 3.17. The molecule has 30 heavy (non-hydrogen) atoms. The van der Waals surface area contributed by atoms with Gasteiger partial charge in [0.15, 0.2) is 5.78 Å². The van der Waals surface area contributed by atoms with Crippen LogP contribution in [0.2, 0.25) is 0 Å². The quantitative estimate of drug-likeness (QED) is 0.581. The highest BCUT2D eigenvalue weighted by Crippen LogP contribution is 2.29. The zero-order chi connectivity index (χ0) is 22.1. The average molecular weight is 408 g/mol. The molecule has 9 heteroatoms. The number of ketones is 1. The van der Waals surface area contributed by atoms with E-state index in [0.29, 0.717) is 11.1 Å². The molecule has 0 radical (unpaired) electrons. The summed E-state index contributed by atoms with van der Waals surface area (Å²) in [6, 6.07) is 10.8. The molecular weight excluding hydrogens is 391 g/mol. The molecule has 4 amide bonds. The maximum absolute atomic E-state index is 14.3. The molecule has 1 aliphatic rings. The number of rotatable bonds is 5. The SMILES string of the molecule is CC(=O)Nc1ccc(C(=O)CN2C(=O)NC(C)(c3ccc(C#N)cc3)C2=O)c(F)c1. The molecule has 2 N–H and O–H groups in total. The molecule has 0 spiro atoms. The van der Waals surface area contributed by atoms with Crippen molar-refractivity contribution in [2.75, 3.05) is 11.9 Å².